The van der Waals surface area contributed by atoms with Gasteiger partial charge in [-0.25, -0.2) is 4.79 Å². The lowest BCUT2D eigenvalue weighted by Gasteiger charge is -2.13. The minimum absolute atomic E-state index is 0.256. The molecule has 0 fully saturated rings. The number of hydrogen-bond donors (Lipinski definition) is 0. The number of carbonyl (C=O) groups excluding carboxylic acids is 1. The van der Waals surface area contributed by atoms with Crippen molar-refractivity contribution in [2.75, 3.05) is 20.2 Å². The second-order valence-corrected chi connectivity index (χ2v) is 6.25. The van der Waals surface area contributed by atoms with Gasteiger partial charge in [0, 0.05) is 23.2 Å². The number of hydrogen-bond acceptors (Lipinski definition) is 5. The molecule has 21 heavy (non-hydrogen) atoms. The molecule has 5 heteroatoms. The van der Waals surface area contributed by atoms with Crippen LogP contribution < -0.4 is 0 Å². The van der Waals surface area contributed by atoms with Crippen molar-refractivity contribution >= 4 is 27.4 Å². The van der Waals surface area contributed by atoms with Crippen molar-refractivity contribution in [3.8, 4) is 6.07 Å². The van der Waals surface area contributed by atoms with Crippen LogP contribution in [0.5, 0.6) is 0 Å². The Morgan fingerprint density at radius 2 is 2.29 bits per heavy atom. The van der Waals surface area contributed by atoms with Crippen molar-refractivity contribution in [1.82, 2.24) is 4.90 Å². The number of carbonyl (C=O) groups is 1. The van der Waals surface area contributed by atoms with Gasteiger partial charge in [0.15, 0.2) is 0 Å². The van der Waals surface area contributed by atoms with Crippen LogP contribution >= 0.6 is 11.3 Å². The lowest BCUT2D eigenvalue weighted by Crippen LogP contribution is -2.19. The number of benzene rings is 1. The monoisotopic (exact) mass is 300 g/mol. The van der Waals surface area contributed by atoms with Gasteiger partial charge in [0.2, 0.25) is 0 Å². The van der Waals surface area contributed by atoms with Gasteiger partial charge in [-0.2, -0.15) is 5.26 Å². The van der Waals surface area contributed by atoms with Crippen LogP contribution in [0.2, 0.25) is 0 Å². The van der Waals surface area contributed by atoms with Gasteiger partial charge in [0.1, 0.15) is 4.88 Å². The van der Waals surface area contributed by atoms with Crippen LogP contribution in [-0.4, -0.2) is 31.1 Å². The molecule has 0 aliphatic carbocycles. The predicted molar refractivity (Wildman–Crippen MR) is 82.5 cm³/mol. The average Bonchev–Trinajstić information content (AvgIpc) is 2.74. The van der Waals surface area contributed by atoms with Gasteiger partial charge >= 0.3 is 5.97 Å². The summed E-state index contributed by atoms with van der Waals surface area (Å²) in [5.74, 6) is -0.256. The molecule has 1 aromatic heterocycles. The maximum Gasteiger partial charge on any atom is 0.348 e. The van der Waals surface area contributed by atoms with E-state index in [4.69, 9.17) is 4.74 Å². The number of likely N-dealkylation sites (N-methyl/N-ethyl adjacent to an activating group) is 1. The van der Waals surface area contributed by atoms with E-state index in [2.05, 4.69) is 11.0 Å². The first-order valence-corrected chi connectivity index (χ1v) is 7.80. The summed E-state index contributed by atoms with van der Waals surface area (Å²) in [6.07, 6.45) is 0.836. The van der Waals surface area contributed by atoms with Gasteiger partial charge in [-0.05, 0) is 43.7 Å². The molecule has 0 spiro atoms. The molecule has 0 saturated carbocycles. The SMILES string of the molecule is CCOC(=O)c1sc2ccc(C#N)c3c2c1CN(C)CC3. The second-order valence-electron chi connectivity index (χ2n) is 5.19. The summed E-state index contributed by atoms with van der Waals surface area (Å²) in [5, 5.41) is 10.4. The predicted octanol–water partition coefficient (Wildman–Crippen LogP) is 2.94. The molecular weight excluding hydrogens is 284 g/mol. The maximum atomic E-state index is 12.2. The topological polar surface area (TPSA) is 53.3 Å². The van der Waals surface area contributed by atoms with E-state index in [1.165, 1.54) is 11.3 Å². The molecule has 2 heterocycles. The van der Waals surface area contributed by atoms with Crippen LogP contribution in [0.1, 0.15) is 33.3 Å². The van der Waals surface area contributed by atoms with Crippen LogP contribution in [-0.2, 0) is 17.7 Å². The van der Waals surface area contributed by atoms with E-state index in [1.807, 2.05) is 26.1 Å². The van der Waals surface area contributed by atoms with Crippen LogP contribution in [0, 0.1) is 11.3 Å². The lowest BCUT2D eigenvalue weighted by molar-refractivity contribution is 0.0530. The molecule has 0 amide bonds. The van der Waals surface area contributed by atoms with Gasteiger partial charge in [0.25, 0.3) is 0 Å². The number of nitrogens with zero attached hydrogens (tertiary/aromatic N) is 2. The first-order chi connectivity index (χ1) is 10.2. The molecule has 4 nitrogen and oxygen atoms in total. The Balaban J connectivity index is 2.28. The van der Waals surface area contributed by atoms with E-state index in [0.717, 1.165) is 40.7 Å². The molecule has 1 aliphatic rings. The zero-order chi connectivity index (χ0) is 15.0. The number of ether oxygens (including phenoxy) is 1. The summed E-state index contributed by atoms with van der Waals surface area (Å²) in [6, 6.07) is 6.08. The molecule has 0 atom stereocenters. The van der Waals surface area contributed by atoms with Crippen molar-refractivity contribution in [1.29, 1.82) is 5.26 Å². The number of rotatable bonds is 2. The number of thiophene rings is 1. The zero-order valence-electron chi connectivity index (χ0n) is 12.1. The summed E-state index contributed by atoms with van der Waals surface area (Å²) in [6.45, 7) is 3.79. The highest BCUT2D eigenvalue weighted by atomic mass is 32.1. The molecule has 0 N–H and O–H groups in total. The summed E-state index contributed by atoms with van der Waals surface area (Å²) in [5.41, 5.74) is 2.80. The summed E-state index contributed by atoms with van der Waals surface area (Å²) >= 11 is 1.47. The normalized spacial score (nSPS) is 14.7. The van der Waals surface area contributed by atoms with E-state index in [-0.39, 0.29) is 5.97 Å². The Bertz CT molecular complexity index is 758. The van der Waals surface area contributed by atoms with Crippen LogP contribution in [0.3, 0.4) is 0 Å². The smallest absolute Gasteiger partial charge is 0.348 e. The lowest BCUT2D eigenvalue weighted by atomic mass is 9.99. The highest BCUT2D eigenvalue weighted by molar-refractivity contribution is 7.21. The fourth-order valence-corrected chi connectivity index (χ4v) is 3.99. The molecule has 2 aromatic rings. The number of nitriles is 1. The Morgan fingerprint density at radius 3 is 3.00 bits per heavy atom. The molecule has 108 valence electrons. The zero-order valence-corrected chi connectivity index (χ0v) is 12.9. The van der Waals surface area contributed by atoms with Gasteiger partial charge in [-0.15, -0.1) is 11.3 Å². The third-order valence-corrected chi connectivity index (χ3v) is 4.99. The first kappa shape index (κ1) is 14.1. The van der Waals surface area contributed by atoms with Crippen molar-refractivity contribution in [3.05, 3.63) is 33.7 Å². The van der Waals surface area contributed by atoms with Crippen molar-refractivity contribution in [2.45, 2.75) is 19.9 Å². The van der Waals surface area contributed by atoms with E-state index < -0.39 is 0 Å². The summed E-state index contributed by atoms with van der Waals surface area (Å²) < 4.78 is 6.25. The van der Waals surface area contributed by atoms with E-state index in [0.29, 0.717) is 17.0 Å². The quantitative estimate of drug-likeness (QED) is 0.800. The van der Waals surface area contributed by atoms with Crippen LogP contribution in [0.4, 0.5) is 0 Å². The minimum atomic E-state index is -0.256. The molecule has 1 aliphatic heterocycles. The Kier molecular flexibility index (Phi) is 3.66. The minimum Gasteiger partial charge on any atom is -0.462 e. The Labute approximate surface area is 127 Å². The molecule has 1 aromatic carbocycles. The van der Waals surface area contributed by atoms with Crippen molar-refractivity contribution < 1.29 is 9.53 Å². The van der Waals surface area contributed by atoms with Gasteiger partial charge < -0.3 is 9.64 Å². The second kappa shape index (κ2) is 5.47. The van der Waals surface area contributed by atoms with Gasteiger partial charge in [-0.3, -0.25) is 0 Å². The largest absolute Gasteiger partial charge is 0.462 e. The molecule has 3 rings (SSSR count). The van der Waals surface area contributed by atoms with Crippen molar-refractivity contribution in [2.24, 2.45) is 0 Å². The Morgan fingerprint density at radius 1 is 1.48 bits per heavy atom. The highest BCUT2D eigenvalue weighted by Gasteiger charge is 2.25. The van der Waals surface area contributed by atoms with E-state index in [1.54, 1.807) is 0 Å². The summed E-state index contributed by atoms with van der Waals surface area (Å²) in [4.78, 5) is 15.1. The Hall–Kier alpha value is -1.90. The fraction of sp³-hybridized carbons (Fsp3) is 0.375. The molecule has 0 saturated heterocycles. The molecule has 0 radical (unpaired) electrons. The molecular formula is C16H16N2O2S. The first-order valence-electron chi connectivity index (χ1n) is 6.98. The van der Waals surface area contributed by atoms with Gasteiger partial charge in [0.05, 0.1) is 18.2 Å². The fourth-order valence-electron chi connectivity index (χ4n) is 2.86. The molecule has 0 unspecified atom stereocenters. The molecule has 0 bridgehead atoms. The van der Waals surface area contributed by atoms with E-state index >= 15 is 0 Å². The summed E-state index contributed by atoms with van der Waals surface area (Å²) in [7, 11) is 2.04. The average molecular weight is 300 g/mol. The maximum absolute atomic E-state index is 12.2. The van der Waals surface area contributed by atoms with Crippen LogP contribution in [0.25, 0.3) is 10.1 Å². The third-order valence-electron chi connectivity index (χ3n) is 3.82. The number of esters is 1. The highest BCUT2D eigenvalue weighted by Crippen LogP contribution is 2.38. The van der Waals surface area contributed by atoms with Crippen LogP contribution in [0.15, 0.2) is 12.1 Å². The van der Waals surface area contributed by atoms with Gasteiger partial charge in [-0.1, -0.05) is 0 Å². The standard InChI is InChI=1S/C16H16N2O2S/c1-3-20-16(19)15-12-9-18(2)7-6-11-10(8-17)4-5-13(21-15)14(11)12/h4-5H,3,6-7,9H2,1-2H3. The van der Waals surface area contributed by atoms with Crippen molar-refractivity contribution in [3.63, 3.8) is 0 Å². The third kappa shape index (κ3) is 2.31. The van der Waals surface area contributed by atoms with E-state index in [9.17, 15) is 10.1 Å².